The van der Waals surface area contributed by atoms with Crippen LogP contribution in [-0.4, -0.2) is 10.5 Å². The van der Waals surface area contributed by atoms with Gasteiger partial charge in [0, 0.05) is 22.4 Å². The van der Waals surface area contributed by atoms with Crippen molar-refractivity contribution in [1.82, 2.24) is 4.57 Å². The molecule has 3 rings (SSSR count). The minimum absolute atomic E-state index is 0.212. The molecule has 3 nitrogen and oxygen atoms in total. The number of hydrogen-bond donors (Lipinski definition) is 1. The number of rotatable bonds is 3. The van der Waals surface area contributed by atoms with Crippen molar-refractivity contribution >= 4 is 27.5 Å². The van der Waals surface area contributed by atoms with Crippen LogP contribution in [0.15, 0.2) is 34.9 Å². The number of aryl methyl sites for hydroxylation is 1. The number of halogens is 2. The third-order valence-corrected chi connectivity index (χ3v) is 3.87. The van der Waals surface area contributed by atoms with Crippen molar-refractivity contribution in [3.8, 4) is 0 Å². The Kier molecular flexibility index (Phi) is 3.38. The first-order valence-electron chi connectivity index (χ1n) is 6.49. The lowest BCUT2D eigenvalue weighted by Crippen LogP contribution is -2.17. The number of carbonyl (C=O) groups excluding carboxylic acids is 1. The Morgan fingerprint density at radius 1 is 1.40 bits per heavy atom. The fourth-order valence-electron chi connectivity index (χ4n) is 2.20. The largest absolute Gasteiger partial charge is 0.339 e. The van der Waals surface area contributed by atoms with Gasteiger partial charge < -0.3 is 9.88 Å². The third-order valence-electron chi connectivity index (χ3n) is 3.44. The topological polar surface area (TPSA) is 34.0 Å². The van der Waals surface area contributed by atoms with E-state index in [4.69, 9.17) is 0 Å². The zero-order valence-corrected chi connectivity index (χ0v) is 12.6. The molecule has 1 aliphatic rings. The molecule has 1 aliphatic carbocycles. The molecule has 1 N–H and O–H groups in total. The summed E-state index contributed by atoms with van der Waals surface area (Å²) < 4.78 is 16.1. The molecule has 1 heterocycles. The van der Waals surface area contributed by atoms with Gasteiger partial charge in [-0.15, -0.1) is 0 Å². The molecule has 1 aromatic heterocycles. The van der Waals surface area contributed by atoms with Gasteiger partial charge in [-0.3, -0.25) is 4.79 Å². The first kappa shape index (κ1) is 13.4. The van der Waals surface area contributed by atoms with Crippen LogP contribution in [0.25, 0.3) is 0 Å². The van der Waals surface area contributed by atoms with E-state index in [1.807, 2.05) is 17.7 Å². The summed E-state index contributed by atoms with van der Waals surface area (Å²) in [6.07, 6.45) is 4.12. The van der Waals surface area contributed by atoms with E-state index in [-0.39, 0.29) is 11.7 Å². The van der Waals surface area contributed by atoms with Gasteiger partial charge in [-0.05, 0) is 59.5 Å². The fraction of sp³-hybridized carbons (Fsp3) is 0.267. The summed E-state index contributed by atoms with van der Waals surface area (Å²) in [6, 6.07) is 6.58. The summed E-state index contributed by atoms with van der Waals surface area (Å²) in [5, 5.41) is 2.78. The normalized spacial score (nSPS) is 14.3. The van der Waals surface area contributed by atoms with Crippen molar-refractivity contribution < 1.29 is 9.18 Å². The Bertz CT molecular complexity index is 677. The van der Waals surface area contributed by atoms with Gasteiger partial charge in [0.15, 0.2) is 0 Å². The SMILES string of the molecule is Cc1ccc(F)cc1NC(=O)c1cc(Br)cn1C1CC1. The number of benzene rings is 1. The molecule has 20 heavy (non-hydrogen) atoms. The number of hydrogen-bond acceptors (Lipinski definition) is 1. The molecule has 5 heteroatoms. The highest BCUT2D eigenvalue weighted by atomic mass is 79.9. The molecule has 1 aromatic carbocycles. The Morgan fingerprint density at radius 2 is 2.15 bits per heavy atom. The van der Waals surface area contributed by atoms with Gasteiger partial charge in [-0.25, -0.2) is 4.39 Å². The lowest BCUT2D eigenvalue weighted by atomic mass is 10.2. The van der Waals surface area contributed by atoms with Crippen LogP contribution in [0.2, 0.25) is 0 Å². The first-order chi connectivity index (χ1) is 9.54. The van der Waals surface area contributed by atoms with Crippen molar-refractivity contribution in [2.45, 2.75) is 25.8 Å². The summed E-state index contributed by atoms with van der Waals surface area (Å²) in [5.74, 6) is -0.569. The summed E-state index contributed by atoms with van der Waals surface area (Å²) >= 11 is 3.40. The van der Waals surface area contributed by atoms with Crippen LogP contribution < -0.4 is 5.32 Å². The van der Waals surface area contributed by atoms with E-state index in [2.05, 4.69) is 21.2 Å². The van der Waals surface area contributed by atoms with Crippen LogP contribution >= 0.6 is 15.9 Å². The van der Waals surface area contributed by atoms with Crippen LogP contribution in [0.5, 0.6) is 0 Å². The number of nitrogens with one attached hydrogen (secondary N) is 1. The van der Waals surface area contributed by atoms with E-state index in [0.29, 0.717) is 17.4 Å². The van der Waals surface area contributed by atoms with Gasteiger partial charge >= 0.3 is 0 Å². The molecule has 0 spiro atoms. The monoisotopic (exact) mass is 336 g/mol. The van der Waals surface area contributed by atoms with E-state index in [0.717, 1.165) is 22.9 Å². The number of nitrogens with zero attached hydrogens (tertiary/aromatic N) is 1. The molecule has 0 atom stereocenters. The van der Waals surface area contributed by atoms with E-state index in [1.54, 1.807) is 12.1 Å². The lowest BCUT2D eigenvalue weighted by molar-refractivity contribution is 0.101. The standard InChI is InChI=1S/C15H14BrFN2O/c1-9-2-3-11(17)7-13(9)18-15(20)14-6-10(16)8-19(14)12-4-5-12/h2-3,6-8,12H,4-5H2,1H3,(H,18,20). The molecule has 0 radical (unpaired) electrons. The minimum atomic E-state index is -0.357. The van der Waals surface area contributed by atoms with Gasteiger partial charge in [0.2, 0.25) is 0 Å². The number of anilines is 1. The minimum Gasteiger partial charge on any atom is -0.339 e. The number of amides is 1. The van der Waals surface area contributed by atoms with Gasteiger partial charge in [0.25, 0.3) is 5.91 Å². The van der Waals surface area contributed by atoms with E-state index in [9.17, 15) is 9.18 Å². The quantitative estimate of drug-likeness (QED) is 0.891. The van der Waals surface area contributed by atoms with E-state index < -0.39 is 0 Å². The molecule has 2 aromatic rings. The second-order valence-electron chi connectivity index (χ2n) is 5.10. The average Bonchev–Trinajstić information content (AvgIpc) is 3.17. The summed E-state index contributed by atoms with van der Waals surface area (Å²) in [5.41, 5.74) is 1.95. The molecule has 0 unspecified atom stereocenters. The maximum Gasteiger partial charge on any atom is 0.272 e. The lowest BCUT2D eigenvalue weighted by Gasteiger charge is -2.10. The smallest absolute Gasteiger partial charge is 0.272 e. The molecule has 0 saturated heterocycles. The zero-order valence-electron chi connectivity index (χ0n) is 11.0. The molecule has 0 bridgehead atoms. The van der Waals surface area contributed by atoms with E-state index in [1.165, 1.54) is 12.1 Å². The first-order valence-corrected chi connectivity index (χ1v) is 7.29. The average molecular weight is 337 g/mol. The van der Waals surface area contributed by atoms with Gasteiger partial charge in [-0.2, -0.15) is 0 Å². The predicted octanol–water partition coefficient (Wildman–Crippen LogP) is 4.29. The van der Waals surface area contributed by atoms with Crippen molar-refractivity contribution in [3.63, 3.8) is 0 Å². The highest BCUT2D eigenvalue weighted by molar-refractivity contribution is 9.10. The van der Waals surface area contributed by atoms with Crippen molar-refractivity contribution in [2.24, 2.45) is 0 Å². The number of carbonyl (C=O) groups is 1. The van der Waals surface area contributed by atoms with E-state index >= 15 is 0 Å². The summed E-state index contributed by atoms with van der Waals surface area (Å²) in [6.45, 7) is 1.84. The Hall–Kier alpha value is -1.62. The van der Waals surface area contributed by atoms with Crippen LogP contribution in [0.4, 0.5) is 10.1 Å². The van der Waals surface area contributed by atoms with Crippen molar-refractivity contribution in [1.29, 1.82) is 0 Å². The molecular weight excluding hydrogens is 323 g/mol. The maximum absolute atomic E-state index is 13.3. The fourth-order valence-corrected chi connectivity index (χ4v) is 2.64. The Morgan fingerprint density at radius 3 is 2.85 bits per heavy atom. The van der Waals surface area contributed by atoms with Crippen LogP contribution in [-0.2, 0) is 0 Å². The molecule has 104 valence electrons. The second kappa shape index (κ2) is 5.05. The summed E-state index contributed by atoms with van der Waals surface area (Å²) in [7, 11) is 0. The molecule has 0 aliphatic heterocycles. The van der Waals surface area contributed by atoms with Crippen LogP contribution in [0, 0.1) is 12.7 Å². The van der Waals surface area contributed by atoms with Crippen molar-refractivity contribution in [2.75, 3.05) is 5.32 Å². The number of aromatic nitrogens is 1. The maximum atomic E-state index is 13.3. The highest BCUT2D eigenvalue weighted by Gasteiger charge is 2.27. The van der Waals surface area contributed by atoms with Gasteiger partial charge in [0.05, 0.1) is 0 Å². The molecule has 1 amide bonds. The molecular formula is C15H14BrFN2O. The van der Waals surface area contributed by atoms with Crippen LogP contribution in [0.1, 0.15) is 34.9 Å². The van der Waals surface area contributed by atoms with Gasteiger partial charge in [-0.1, -0.05) is 6.07 Å². The molecule has 1 saturated carbocycles. The second-order valence-corrected chi connectivity index (χ2v) is 6.01. The predicted molar refractivity (Wildman–Crippen MR) is 79.5 cm³/mol. The highest BCUT2D eigenvalue weighted by Crippen LogP contribution is 2.37. The third kappa shape index (κ3) is 2.63. The van der Waals surface area contributed by atoms with Crippen LogP contribution in [0.3, 0.4) is 0 Å². The van der Waals surface area contributed by atoms with Gasteiger partial charge in [0.1, 0.15) is 11.5 Å². The molecule has 1 fully saturated rings. The summed E-state index contributed by atoms with van der Waals surface area (Å²) in [4.78, 5) is 12.4. The zero-order chi connectivity index (χ0) is 14.3. The Balaban J connectivity index is 1.87. The Labute approximate surface area is 124 Å². The van der Waals surface area contributed by atoms with Crippen molar-refractivity contribution in [3.05, 3.63) is 52.0 Å².